The van der Waals surface area contributed by atoms with E-state index in [0.717, 1.165) is 11.1 Å². The summed E-state index contributed by atoms with van der Waals surface area (Å²) < 4.78 is 7.72. The molecular formula is C28H26ClN5O2S. The lowest BCUT2D eigenvalue weighted by atomic mass is 9.94. The summed E-state index contributed by atoms with van der Waals surface area (Å²) >= 11 is 7.83. The highest BCUT2D eigenvalue weighted by Crippen LogP contribution is 2.40. The van der Waals surface area contributed by atoms with Crippen LogP contribution in [0.4, 0.5) is 11.6 Å². The average Bonchev–Trinajstić information content (AvgIpc) is 3.31. The number of benzene rings is 3. The fraction of sp³-hybridized carbons (Fsp3) is 0.179. The fourth-order valence-electron chi connectivity index (χ4n) is 4.25. The van der Waals surface area contributed by atoms with E-state index in [1.54, 1.807) is 4.68 Å². The van der Waals surface area contributed by atoms with Gasteiger partial charge in [0.15, 0.2) is 0 Å². The third kappa shape index (κ3) is 5.35. The Morgan fingerprint density at radius 1 is 1.08 bits per heavy atom. The number of amides is 1. The fourth-order valence-corrected chi connectivity index (χ4v) is 5.36. The maximum absolute atomic E-state index is 13.7. The number of rotatable bonds is 8. The smallest absolute Gasteiger partial charge is 0.255 e. The number of carbonyl (C=O) groups is 1. The number of para-hydroxylation sites is 2. The molecule has 9 heteroatoms. The van der Waals surface area contributed by atoms with Gasteiger partial charge in [0.1, 0.15) is 11.8 Å². The number of thioether (sulfide) groups is 1. The molecule has 1 atom stereocenters. The van der Waals surface area contributed by atoms with Crippen LogP contribution >= 0.6 is 23.4 Å². The van der Waals surface area contributed by atoms with E-state index in [4.69, 9.17) is 26.4 Å². The van der Waals surface area contributed by atoms with Crippen LogP contribution in [0.1, 0.15) is 31.0 Å². The minimum Gasteiger partial charge on any atom is -0.494 e. The Balaban J connectivity index is 1.53. The molecule has 0 spiro atoms. The number of anilines is 2. The van der Waals surface area contributed by atoms with Crippen LogP contribution in [0.25, 0.3) is 0 Å². The number of halogens is 1. The Labute approximate surface area is 224 Å². The molecule has 3 aromatic carbocycles. The molecule has 1 amide bonds. The van der Waals surface area contributed by atoms with Crippen LogP contribution in [-0.4, -0.2) is 27.3 Å². The molecule has 1 aliphatic rings. The number of nitrogens with zero attached hydrogens (tertiary/aromatic N) is 3. The van der Waals surface area contributed by atoms with Crippen LogP contribution < -0.4 is 15.4 Å². The third-order valence-corrected chi connectivity index (χ3v) is 7.19. The highest BCUT2D eigenvalue weighted by Gasteiger charge is 2.36. The van der Waals surface area contributed by atoms with Crippen molar-refractivity contribution in [1.82, 2.24) is 14.8 Å². The normalized spacial score (nSPS) is 14.6. The summed E-state index contributed by atoms with van der Waals surface area (Å²) in [6.07, 6.45) is 0. The van der Waals surface area contributed by atoms with E-state index in [-0.39, 0.29) is 5.91 Å². The second-order valence-corrected chi connectivity index (χ2v) is 9.75. The van der Waals surface area contributed by atoms with Gasteiger partial charge in [0.2, 0.25) is 11.1 Å². The van der Waals surface area contributed by atoms with Crippen LogP contribution in [0.3, 0.4) is 0 Å². The second-order valence-electron chi connectivity index (χ2n) is 8.40. The van der Waals surface area contributed by atoms with Gasteiger partial charge in [-0.25, -0.2) is 4.68 Å². The highest BCUT2D eigenvalue weighted by atomic mass is 35.5. The molecular weight excluding hydrogens is 506 g/mol. The van der Waals surface area contributed by atoms with Gasteiger partial charge >= 0.3 is 0 Å². The van der Waals surface area contributed by atoms with Crippen molar-refractivity contribution in [3.63, 3.8) is 0 Å². The zero-order valence-electron chi connectivity index (χ0n) is 20.4. The van der Waals surface area contributed by atoms with Crippen molar-refractivity contribution in [2.45, 2.75) is 30.8 Å². The molecule has 5 rings (SSSR count). The minimum atomic E-state index is -0.537. The van der Waals surface area contributed by atoms with Gasteiger partial charge in [-0.1, -0.05) is 78.0 Å². The van der Waals surface area contributed by atoms with Crippen molar-refractivity contribution in [1.29, 1.82) is 0 Å². The zero-order valence-corrected chi connectivity index (χ0v) is 22.0. The van der Waals surface area contributed by atoms with E-state index in [1.807, 2.05) is 92.7 Å². The van der Waals surface area contributed by atoms with Gasteiger partial charge in [0.25, 0.3) is 5.91 Å². The lowest BCUT2D eigenvalue weighted by Gasteiger charge is -2.29. The molecule has 0 bridgehead atoms. The topological polar surface area (TPSA) is 81.1 Å². The maximum Gasteiger partial charge on any atom is 0.255 e. The molecule has 37 heavy (non-hydrogen) atoms. The number of aromatic nitrogens is 3. The van der Waals surface area contributed by atoms with Crippen LogP contribution in [0.2, 0.25) is 5.02 Å². The second kappa shape index (κ2) is 11.1. The first kappa shape index (κ1) is 24.9. The van der Waals surface area contributed by atoms with E-state index >= 15 is 0 Å². The van der Waals surface area contributed by atoms with Crippen LogP contribution in [-0.2, 0) is 10.5 Å². The molecule has 1 unspecified atom stereocenters. The van der Waals surface area contributed by atoms with Crippen molar-refractivity contribution in [2.75, 3.05) is 17.2 Å². The van der Waals surface area contributed by atoms with Gasteiger partial charge in [-0.15, -0.1) is 5.10 Å². The third-order valence-electron chi connectivity index (χ3n) is 5.94. The van der Waals surface area contributed by atoms with Gasteiger partial charge in [-0.05, 0) is 43.7 Å². The molecule has 0 aliphatic carbocycles. The van der Waals surface area contributed by atoms with Crippen LogP contribution in [0.15, 0.2) is 95.3 Å². The van der Waals surface area contributed by atoms with E-state index in [9.17, 15) is 4.79 Å². The zero-order chi connectivity index (χ0) is 25.8. The van der Waals surface area contributed by atoms with Crippen LogP contribution in [0, 0.1) is 0 Å². The standard InChI is InChI=1S/C28H26ClN5O2S/c1-3-36-23-16-10-8-14-21(23)25-24(26(35)31-20-12-5-4-6-13-20)18(2)30-27-32-28(33-34(25)27)37-17-19-11-7-9-15-22(19)29/h4-16,25H,3,17H2,1-2H3,(H,31,35)(H,30,32,33). The lowest BCUT2D eigenvalue weighted by molar-refractivity contribution is -0.113. The first-order chi connectivity index (χ1) is 18.0. The molecule has 7 nitrogen and oxygen atoms in total. The Morgan fingerprint density at radius 2 is 1.81 bits per heavy atom. The van der Waals surface area contributed by atoms with Gasteiger partial charge < -0.3 is 15.4 Å². The Hall–Kier alpha value is -3.75. The summed E-state index contributed by atoms with van der Waals surface area (Å²) in [6, 6.07) is 24.3. The summed E-state index contributed by atoms with van der Waals surface area (Å²) in [4.78, 5) is 18.4. The van der Waals surface area contributed by atoms with Gasteiger partial charge in [-0.2, -0.15) is 4.98 Å². The van der Waals surface area contributed by atoms with E-state index in [1.165, 1.54) is 11.8 Å². The van der Waals surface area contributed by atoms with E-state index < -0.39 is 6.04 Å². The monoisotopic (exact) mass is 531 g/mol. The Bertz CT molecular complexity index is 1450. The van der Waals surface area contributed by atoms with Crippen molar-refractivity contribution in [3.8, 4) is 5.75 Å². The molecule has 0 radical (unpaired) electrons. The SMILES string of the molecule is CCOc1ccccc1C1C(C(=O)Nc2ccccc2)=C(C)Nc2nc(SCc3ccccc3Cl)nn21. The predicted octanol–water partition coefficient (Wildman–Crippen LogP) is 6.55. The summed E-state index contributed by atoms with van der Waals surface area (Å²) in [6.45, 7) is 4.32. The Morgan fingerprint density at radius 3 is 2.59 bits per heavy atom. The summed E-state index contributed by atoms with van der Waals surface area (Å²) in [7, 11) is 0. The molecule has 4 aromatic rings. The average molecular weight is 532 g/mol. The quantitative estimate of drug-likeness (QED) is 0.251. The van der Waals surface area contributed by atoms with Crippen molar-refractivity contribution in [2.24, 2.45) is 0 Å². The number of ether oxygens (including phenoxy) is 1. The number of nitrogens with one attached hydrogen (secondary N) is 2. The molecule has 1 aromatic heterocycles. The van der Waals surface area contributed by atoms with E-state index in [2.05, 4.69) is 10.6 Å². The molecule has 0 fully saturated rings. The van der Waals surface area contributed by atoms with E-state index in [0.29, 0.717) is 51.2 Å². The highest BCUT2D eigenvalue weighted by molar-refractivity contribution is 7.98. The van der Waals surface area contributed by atoms with Gasteiger partial charge in [0.05, 0.1) is 12.2 Å². The number of carbonyl (C=O) groups excluding carboxylic acids is 1. The minimum absolute atomic E-state index is 0.223. The van der Waals surface area contributed by atoms with Crippen molar-refractivity contribution < 1.29 is 9.53 Å². The van der Waals surface area contributed by atoms with Crippen molar-refractivity contribution >= 4 is 40.9 Å². The Kier molecular flexibility index (Phi) is 7.48. The summed E-state index contributed by atoms with van der Waals surface area (Å²) in [5.74, 6) is 1.66. The lowest BCUT2D eigenvalue weighted by Crippen LogP contribution is -2.31. The molecule has 188 valence electrons. The first-order valence-corrected chi connectivity index (χ1v) is 13.3. The van der Waals surface area contributed by atoms with Gasteiger partial charge in [0, 0.05) is 27.7 Å². The number of hydrogen-bond acceptors (Lipinski definition) is 6. The molecule has 2 N–H and O–H groups in total. The summed E-state index contributed by atoms with van der Waals surface area (Å²) in [5.41, 5.74) is 3.79. The largest absolute Gasteiger partial charge is 0.494 e. The number of hydrogen-bond donors (Lipinski definition) is 2. The van der Waals surface area contributed by atoms with Gasteiger partial charge in [-0.3, -0.25) is 4.79 Å². The maximum atomic E-state index is 13.7. The van der Waals surface area contributed by atoms with Crippen LogP contribution in [0.5, 0.6) is 5.75 Å². The van der Waals surface area contributed by atoms with Crippen molar-refractivity contribution in [3.05, 3.63) is 106 Å². The molecule has 1 aliphatic heterocycles. The molecule has 0 saturated heterocycles. The summed E-state index contributed by atoms with van der Waals surface area (Å²) in [5, 5.41) is 12.4. The first-order valence-electron chi connectivity index (χ1n) is 11.9. The molecule has 2 heterocycles. The number of fused-ring (bicyclic) bond motifs is 1. The molecule has 0 saturated carbocycles. The number of allylic oxidation sites excluding steroid dienone is 1. The predicted molar refractivity (Wildman–Crippen MR) is 148 cm³/mol.